The Hall–Kier alpha value is -2.04. The van der Waals surface area contributed by atoms with Crippen LogP contribution in [0.15, 0.2) is 18.2 Å². The molecule has 1 aliphatic heterocycles. The Bertz CT molecular complexity index is 485. The number of benzene rings is 1. The molecule has 0 saturated heterocycles. The van der Waals surface area contributed by atoms with Gasteiger partial charge in [0.15, 0.2) is 0 Å². The molecule has 0 bridgehead atoms. The standard InChI is InChI=1S/C13H16N2O3/c1-3-15-11-6-5-10(14-13(17)18-4-2)7-9(11)8-12(15)16/h5-7H,3-4,8H2,1-2H3,(H,14,17). The van der Waals surface area contributed by atoms with Gasteiger partial charge >= 0.3 is 6.09 Å². The van der Waals surface area contributed by atoms with Crippen LogP contribution in [0, 0.1) is 0 Å². The Morgan fingerprint density at radius 2 is 2.22 bits per heavy atom. The minimum absolute atomic E-state index is 0.0979. The molecule has 2 rings (SSSR count). The number of ether oxygens (including phenoxy) is 1. The van der Waals surface area contributed by atoms with Crippen molar-refractivity contribution >= 4 is 23.4 Å². The molecule has 0 fully saturated rings. The van der Waals surface area contributed by atoms with E-state index in [0.717, 1.165) is 11.3 Å². The average Bonchev–Trinajstić information content (AvgIpc) is 2.63. The summed E-state index contributed by atoms with van der Waals surface area (Å²) in [6, 6.07) is 5.45. The van der Waals surface area contributed by atoms with Gasteiger partial charge in [0.1, 0.15) is 0 Å². The van der Waals surface area contributed by atoms with E-state index >= 15 is 0 Å². The molecule has 2 amide bonds. The lowest BCUT2D eigenvalue weighted by molar-refractivity contribution is -0.117. The molecule has 1 heterocycles. The molecule has 0 atom stereocenters. The number of carbonyl (C=O) groups is 2. The highest BCUT2D eigenvalue weighted by Gasteiger charge is 2.25. The number of carbonyl (C=O) groups excluding carboxylic acids is 2. The summed E-state index contributed by atoms with van der Waals surface area (Å²) in [6.45, 7) is 4.69. The van der Waals surface area contributed by atoms with Gasteiger partial charge in [-0.3, -0.25) is 10.1 Å². The fourth-order valence-corrected chi connectivity index (χ4v) is 2.09. The summed E-state index contributed by atoms with van der Waals surface area (Å²) in [5.74, 6) is 0.0979. The van der Waals surface area contributed by atoms with E-state index in [4.69, 9.17) is 4.74 Å². The summed E-state index contributed by atoms with van der Waals surface area (Å²) in [6.07, 6.45) is -0.0873. The van der Waals surface area contributed by atoms with Gasteiger partial charge in [-0.05, 0) is 37.6 Å². The Balaban J connectivity index is 2.17. The van der Waals surface area contributed by atoms with E-state index in [1.165, 1.54) is 0 Å². The molecule has 1 N–H and O–H groups in total. The summed E-state index contributed by atoms with van der Waals surface area (Å²) in [5, 5.41) is 2.63. The van der Waals surface area contributed by atoms with Gasteiger partial charge in [0.05, 0.1) is 13.0 Å². The zero-order valence-electron chi connectivity index (χ0n) is 10.5. The number of likely N-dealkylation sites (N-methyl/N-ethyl adjacent to an activating group) is 1. The van der Waals surface area contributed by atoms with Crippen molar-refractivity contribution in [2.24, 2.45) is 0 Å². The van der Waals surface area contributed by atoms with Crippen molar-refractivity contribution in [3.05, 3.63) is 23.8 Å². The lowest BCUT2D eigenvalue weighted by Gasteiger charge is -2.14. The van der Waals surface area contributed by atoms with Crippen LogP contribution in [0.4, 0.5) is 16.2 Å². The summed E-state index contributed by atoms with van der Waals surface area (Å²) in [7, 11) is 0. The van der Waals surface area contributed by atoms with Crippen LogP contribution in [0.2, 0.25) is 0 Å². The number of nitrogens with zero attached hydrogens (tertiary/aromatic N) is 1. The Morgan fingerprint density at radius 1 is 1.44 bits per heavy atom. The van der Waals surface area contributed by atoms with Gasteiger partial charge in [0.2, 0.25) is 5.91 Å². The zero-order chi connectivity index (χ0) is 13.1. The Labute approximate surface area is 106 Å². The fourth-order valence-electron chi connectivity index (χ4n) is 2.09. The molecule has 0 aromatic heterocycles. The minimum atomic E-state index is -0.478. The van der Waals surface area contributed by atoms with Gasteiger partial charge in [0, 0.05) is 17.9 Å². The van der Waals surface area contributed by atoms with Crippen molar-refractivity contribution in [2.45, 2.75) is 20.3 Å². The van der Waals surface area contributed by atoms with E-state index in [0.29, 0.717) is 25.3 Å². The number of rotatable bonds is 3. The second-order valence-electron chi connectivity index (χ2n) is 4.00. The maximum absolute atomic E-state index is 11.7. The molecule has 5 heteroatoms. The smallest absolute Gasteiger partial charge is 0.411 e. The molecule has 0 spiro atoms. The predicted molar refractivity (Wildman–Crippen MR) is 68.8 cm³/mol. The van der Waals surface area contributed by atoms with E-state index in [-0.39, 0.29) is 5.91 Å². The SMILES string of the molecule is CCOC(=O)Nc1ccc2c(c1)CC(=O)N2CC. The third-order valence-electron chi connectivity index (χ3n) is 2.85. The number of amides is 2. The summed E-state index contributed by atoms with van der Waals surface area (Å²) in [5.41, 5.74) is 2.52. The summed E-state index contributed by atoms with van der Waals surface area (Å²) in [4.78, 5) is 24.7. The molecule has 5 nitrogen and oxygen atoms in total. The highest BCUT2D eigenvalue weighted by atomic mass is 16.5. The molecular formula is C13H16N2O3. The van der Waals surface area contributed by atoms with Crippen LogP contribution in [0.25, 0.3) is 0 Å². The second kappa shape index (κ2) is 5.08. The van der Waals surface area contributed by atoms with E-state index < -0.39 is 6.09 Å². The van der Waals surface area contributed by atoms with Crippen LogP contribution in [0.5, 0.6) is 0 Å². The van der Waals surface area contributed by atoms with Gasteiger partial charge in [-0.15, -0.1) is 0 Å². The Morgan fingerprint density at radius 3 is 2.89 bits per heavy atom. The number of nitrogens with one attached hydrogen (secondary N) is 1. The molecule has 96 valence electrons. The van der Waals surface area contributed by atoms with Gasteiger partial charge in [-0.2, -0.15) is 0 Å². The maximum Gasteiger partial charge on any atom is 0.411 e. The molecular weight excluding hydrogens is 232 g/mol. The molecule has 0 aliphatic carbocycles. The maximum atomic E-state index is 11.7. The Kier molecular flexibility index (Phi) is 3.50. The second-order valence-corrected chi connectivity index (χ2v) is 4.00. The van der Waals surface area contributed by atoms with Gasteiger partial charge < -0.3 is 9.64 Å². The van der Waals surface area contributed by atoms with Gasteiger partial charge in [-0.25, -0.2) is 4.79 Å². The first-order valence-electron chi connectivity index (χ1n) is 6.02. The monoisotopic (exact) mass is 248 g/mol. The molecule has 1 aliphatic rings. The number of anilines is 2. The average molecular weight is 248 g/mol. The summed E-state index contributed by atoms with van der Waals surface area (Å²) >= 11 is 0. The quantitative estimate of drug-likeness (QED) is 0.891. The zero-order valence-corrected chi connectivity index (χ0v) is 10.5. The largest absolute Gasteiger partial charge is 0.450 e. The van der Waals surface area contributed by atoms with Crippen LogP contribution in [0.3, 0.4) is 0 Å². The van der Waals surface area contributed by atoms with Gasteiger partial charge in [0.25, 0.3) is 0 Å². The van der Waals surface area contributed by atoms with Crippen LogP contribution in [-0.4, -0.2) is 25.2 Å². The van der Waals surface area contributed by atoms with Crippen molar-refractivity contribution in [3.63, 3.8) is 0 Å². The van der Waals surface area contributed by atoms with Crippen LogP contribution in [0.1, 0.15) is 19.4 Å². The molecule has 0 saturated carbocycles. The topological polar surface area (TPSA) is 58.6 Å². The van der Waals surface area contributed by atoms with E-state index in [9.17, 15) is 9.59 Å². The van der Waals surface area contributed by atoms with Crippen LogP contribution in [-0.2, 0) is 16.0 Å². The van der Waals surface area contributed by atoms with Crippen molar-refractivity contribution in [1.29, 1.82) is 0 Å². The van der Waals surface area contributed by atoms with Crippen molar-refractivity contribution in [3.8, 4) is 0 Å². The molecule has 0 unspecified atom stereocenters. The fraction of sp³-hybridized carbons (Fsp3) is 0.385. The molecule has 1 aromatic carbocycles. The van der Waals surface area contributed by atoms with Crippen molar-refractivity contribution in [2.75, 3.05) is 23.4 Å². The van der Waals surface area contributed by atoms with Gasteiger partial charge in [-0.1, -0.05) is 0 Å². The molecule has 1 aromatic rings. The minimum Gasteiger partial charge on any atom is -0.450 e. The van der Waals surface area contributed by atoms with Crippen molar-refractivity contribution < 1.29 is 14.3 Å². The van der Waals surface area contributed by atoms with E-state index in [1.54, 1.807) is 17.9 Å². The predicted octanol–water partition coefficient (Wildman–Crippen LogP) is 2.16. The van der Waals surface area contributed by atoms with E-state index in [1.807, 2.05) is 19.1 Å². The number of hydrogen-bond acceptors (Lipinski definition) is 3. The third-order valence-corrected chi connectivity index (χ3v) is 2.85. The highest BCUT2D eigenvalue weighted by molar-refractivity contribution is 6.02. The lowest BCUT2D eigenvalue weighted by atomic mass is 10.1. The number of fused-ring (bicyclic) bond motifs is 1. The summed E-state index contributed by atoms with van der Waals surface area (Å²) < 4.78 is 4.80. The first-order chi connectivity index (χ1) is 8.65. The third kappa shape index (κ3) is 2.30. The molecule has 0 radical (unpaired) electrons. The first-order valence-corrected chi connectivity index (χ1v) is 6.02. The first kappa shape index (κ1) is 12.4. The van der Waals surface area contributed by atoms with Crippen molar-refractivity contribution in [1.82, 2.24) is 0 Å². The lowest BCUT2D eigenvalue weighted by Crippen LogP contribution is -2.25. The highest BCUT2D eigenvalue weighted by Crippen LogP contribution is 2.30. The van der Waals surface area contributed by atoms with Crippen LogP contribution < -0.4 is 10.2 Å². The van der Waals surface area contributed by atoms with Crippen LogP contribution >= 0.6 is 0 Å². The van der Waals surface area contributed by atoms with E-state index in [2.05, 4.69) is 5.32 Å². The molecule has 18 heavy (non-hydrogen) atoms. The number of hydrogen-bond donors (Lipinski definition) is 1. The normalized spacial score (nSPS) is 13.4.